The number of carboxylic acids is 1. The van der Waals surface area contributed by atoms with Gasteiger partial charge in [-0.25, -0.2) is 9.78 Å². The van der Waals surface area contributed by atoms with Gasteiger partial charge in [0, 0.05) is 11.8 Å². The molecule has 0 unspecified atom stereocenters. The third-order valence-corrected chi connectivity index (χ3v) is 2.87. The number of hydrogen-bond donors (Lipinski definition) is 2. The first-order valence-electron chi connectivity index (χ1n) is 5.86. The fraction of sp³-hybridized carbons (Fsp3) is 0.545. The largest absolute Gasteiger partial charge is 0.479 e. The zero-order valence-corrected chi connectivity index (χ0v) is 10.4. The molecule has 0 saturated carbocycles. The zero-order chi connectivity index (χ0) is 14.9. The molecule has 2 rings (SSSR count). The Labute approximate surface area is 112 Å². The predicted octanol–water partition coefficient (Wildman–Crippen LogP) is 1.62. The van der Waals surface area contributed by atoms with Gasteiger partial charge in [-0.1, -0.05) is 0 Å². The maximum absolute atomic E-state index is 12.4. The molecule has 2 N–H and O–H groups in total. The summed E-state index contributed by atoms with van der Waals surface area (Å²) in [5.74, 6) is -1.37. The Morgan fingerprint density at radius 1 is 1.60 bits per heavy atom. The minimum Gasteiger partial charge on any atom is -0.479 e. The van der Waals surface area contributed by atoms with Gasteiger partial charge in [0.2, 0.25) is 11.8 Å². The van der Waals surface area contributed by atoms with Crippen LogP contribution < -0.4 is 10.1 Å². The number of aliphatic carboxylic acids is 1. The predicted molar refractivity (Wildman–Crippen MR) is 61.5 cm³/mol. The van der Waals surface area contributed by atoms with Crippen LogP contribution in [0.15, 0.2) is 6.20 Å². The molecule has 2 atom stereocenters. The maximum atomic E-state index is 12.4. The van der Waals surface area contributed by atoms with Gasteiger partial charge in [-0.15, -0.1) is 0 Å². The molecular weight excluding hydrogens is 279 g/mol. The maximum Gasteiger partial charge on any atom is 0.408 e. The number of fused-ring (bicyclic) bond motifs is 1. The molecule has 110 valence electrons. The third kappa shape index (κ3) is 3.09. The summed E-state index contributed by atoms with van der Waals surface area (Å²) in [6.45, 7) is 0.934. The number of aryl methyl sites for hydroxylation is 1. The van der Waals surface area contributed by atoms with Crippen molar-refractivity contribution in [2.75, 3.05) is 5.32 Å². The third-order valence-electron chi connectivity index (χ3n) is 2.87. The molecule has 0 radical (unpaired) electrons. The Hall–Kier alpha value is -2.06. The number of hydrogen-bond acceptors (Lipinski definition) is 5. The number of anilines is 1. The van der Waals surface area contributed by atoms with Crippen molar-refractivity contribution in [1.82, 2.24) is 9.97 Å². The summed E-state index contributed by atoms with van der Waals surface area (Å²) in [5, 5.41) is 11.0. The first-order valence-corrected chi connectivity index (χ1v) is 5.86. The summed E-state index contributed by atoms with van der Waals surface area (Å²) in [6, 6.07) is -1.82. The Bertz CT molecular complexity index is 521. The molecule has 20 heavy (non-hydrogen) atoms. The minimum atomic E-state index is -4.43. The number of carboxylic acid groups (broad SMARTS) is 1. The Morgan fingerprint density at radius 3 is 2.90 bits per heavy atom. The lowest BCUT2D eigenvalue weighted by molar-refractivity contribution is -0.146. The van der Waals surface area contributed by atoms with Crippen molar-refractivity contribution in [2.45, 2.75) is 38.1 Å². The van der Waals surface area contributed by atoms with Gasteiger partial charge >= 0.3 is 12.1 Å². The lowest BCUT2D eigenvalue weighted by Gasteiger charge is -2.23. The van der Waals surface area contributed by atoms with Gasteiger partial charge in [0.05, 0.1) is 0 Å². The summed E-state index contributed by atoms with van der Waals surface area (Å²) < 4.78 is 42.4. The summed E-state index contributed by atoms with van der Waals surface area (Å²) in [7, 11) is 0. The van der Waals surface area contributed by atoms with Crippen molar-refractivity contribution in [1.29, 1.82) is 0 Å². The molecule has 9 heteroatoms. The molecule has 0 bridgehead atoms. The highest BCUT2D eigenvalue weighted by molar-refractivity contribution is 5.73. The second-order valence-electron chi connectivity index (χ2n) is 4.42. The molecule has 1 aliphatic rings. The smallest absolute Gasteiger partial charge is 0.408 e. The number of carbonyl (C=O) groups is 1. The van der Waals surface area contributed by atoms with E-state index in [0.717, 1.165) is 6.92 Å². The molecule has 0 fully saturated rings. The second kappa shape index (κ2) is 5.14. The first kappa shape index (κ1) is 14.4. The van der Waals surface area contributed by atoms with Gasteiger partial charge in [-0.3, -0.25) is 0 Å². The Kier molecular flexibility index (Phi) is 3.69. The quantitative estimate of drug-likeness (QED) is 0.880. The van der Waals surface area contributed by atoms with Crippen LogP contribution in [0.25, 0.3) is 0 Å². The number of rotatable bonds is 3. The minimum absolute atomic E-state index is 0.00974. The van der Waals surface area contributed by atoms with E-state index in [0.29, 0.717) is 12.0 Å². The van der Waals surface area contributed by atoms with E-state index in [2.05, 4.69) is 15.3 Å². The van der Waals surface area contributed by atoms with Crippen molar-refractivity contribution in [3.05, 3.63) is 11.8 Å². The molecule has 1 aromatic heterocycles. The van der Waals surface area contributed by atoms with Crippen LogP contribution in [0.4, 0.5) is 19.1 Å². The number of halogens is 3. The highest BCUT2D eigenvalue weighted by atomic mass is 19.4. The highest BCUT2D eigenvalue weighted by Gasteiger charge is 2.36. The van der Waals surface area contributed by atoms with Gasteiger partial charge in [-0.05, 0) is 19.8 Å². The number of nitrogens with one attached hydrogen (secondary N) is 1. The van der Waals surface area contributed by atoms with Crippen LogP contribution in [0.1, 0.15) is 18.9 Å². The SMILES string of the molecule is C[C@H](Nc1ncc2c(n1)O[C@@H](C(=O)O)CC2)C(F)(F)F. The van der Waals surface area contributed by atoms with Crippen LogP contribution in [0.2, 0.25) is 0 Å². The number of nitrogens with zero attached hydrogens (tertiary/aromatic N) is 2. The zero-order valence-electron chi connectivity index (χ0n) is 10.4. The van der Waals surface area contributed by atoms with Gasteiger partial charge < -0.3 is 15.2 Å². The summed E-state index contributed by atoms with van der Waals surface area (Å²) in [4.78, 5) is 18.4. The number of alkyl halides is 3. The molecule has 0 spiro atoms. The van der Waals surface area contributed by atoms with E-state index in [-0.39, 0.29) is 18.2 Å². The van der Waals surface area contributed by atoms with Crippen LogP contribution in [-0.2, 0) is 11.2 Å². The van der Waals surface area contributed by atoms with Crippen LogP contribution in [-0.4, -0.2) is 39.4 Å². The first-order chi connectivity index (χ1) is 9.27. The summed E-state index contributed by atoms with van der Waals surface area (Å²) in [5.41, 5.74) is 0.577. The van der Waals surface area contributed by atoms with E-state index >= 15 is 0 Å². The van der Waals surface area contributed by atoms with Crippen molar-refractivity contribution >= 4 is 11.9 Å². The van der Waals surface area contributed by atoms with Crippen molar-refractivity contribution in [2.24, 2.45) is 0 Å². The van der Waals surface area contributed by atoms with E-state index in [1.54, 1.807) is 0 Å². The topological polar surface area (TPSA) is 84.3 Å². The molecule has 1 aliphatic heterocycles. The van der Waals surface area contributed by atoms with Crippen LogP contribution in [0.3, 0.4) is 0 Å². The molecule has 1 aromatic rings. The highest BCUT2D eigenvalue weighted by Crippen LogP contribution is 2.27. The molecule has 0 aliphatic carbocycles. The number of ether oxygens (including phenoxy) is 1. The van der Waals surface area contributed by atoms with Crippen molar-refractivity contribution in [3.63, 3.8) is 0 Å². The Morgan fingerprint density at radius 2 is 2.30 bits per heavy atom. The van der Waals surface area contributed by atoms with Crippen LogP contribution in [0, 0.1) is 0 Å². The fourth-order valence-corrected chi connectivity index (χ4v) is 1.66. The van der Waals surface area contributed by atoms with E-state index in [1.165, 1.54) is 6.20 Å². The summed E-state index contributed by atoms with van der Waals surface area (Å²) >= 11 is 0. The van der Waals surface area contributed by atoms with Gasteiger partial charge in [0.15, 0.2) is 6.10 Å². The average Bonchev–Trinajstić information content (AvgIpc) is 2.36. The normalized spacial score (nSPS) is 19.7. The van der Waals surface area contributed by atoms with Crippen molar-refractivity contribution in [3.8, 4) is 5.88 Å². The van der Waals surface area contributed by atoms with E-state index < -0.39 is 24.3 Å². The monoisotopic (exact) mass is 291 g/mol. The fourth-order valence-electron chi connectivity index (χ4n) is 1.66. The molecule has 2 heterocycles. The lowest BCUT2D eigenvalue weighted by atomic mass is 10.1. The second-order valence-corrected chi connectivity index (χ2v) is 4.42. The molecule has 0 saturated heterocycles. The lowest BCUT2D eigenvalue weighted by Crippen LogP contribution is -2.34. The molecule has 0 aromatic carbocycles. The summed E-state index contributed by atoms with van der Waals surface area (Å²) in [6.07, 6.45) is -3.45. The molecular formula is C11H12F3N3O3. The van der Waals surface area contributed by atoms with E-state index in [4.69, 9.17) is 9.84 Å². The Balaban J connectivity index is 2.15. The van der Waals surface area contributed by atoms with Crippen LogP contribution >= 0.6 is 0 Å². The van der Waals surface area contributed by atoms with Gasteiger partial charge in [-0.2, -0.15) is 18.2 Å². The van der Waals surface area contributed by atoms with Gasteiger partial charge in [0.25, 0.3) is 0 Å². The van der Waals surface area contributed by atoms with Gasteiger partial charge in [0.1, 0.15) is 6.04 Å². The van der Waals surface area contributed by atoms with E-state index in [1.807, 2.05) is 0 Å². The molecule has 0 amide bonds. The van der Waals surface area contributed by atoms with E-state index in [9.17, 15) is 18.0 Å². The average molecular weight is 291 g/mol. The standard InChI is InChI=1S/C11H12F3N3O3/c1-5(11(12,13)14)16-10-15-4-6-2-3-7(9(18)19)20-8(6)17-10/h4-5,7H,2-3H2,1H3,(H,18,19)(H,15,16,17)/t5-,7+/m0/s1. The molecule has 6 nitrogen and oxygen atoms in total. The van der Waals surface area contributed by atoms with Crippen LogP contribution in [0.5, 0.6) is 5.88 Å². The number of aromatic nitrogens is 2. The van der Waals surface area contributed by atoms with Crippen molar-refractivity contribution < 1.29 is 27.8 Å².